The van der Waals surface area contributed by atoms with Crippen LogP contribution < -0.4 is 4.72 Å². The van der Waals surface area contributed by atoms with Gasteiger partial charge in [-0.25, -0.2) is 18.1 Å². The summed E-state index contributed by atoms with van der Waals surface area (Å²) >= 11 is 0. The van der Waals surface area contributed by atoms with Crippen molar-refractivity contribution in [2.45, 2.75) is 52.6 Å². The Bertz CT molecular complexity index is 653. The van der Waals surface area contributed by atoms with Gasteiger partial charge in [-0.1, -0.05) is 13.8 Å². The lowest BCUT2D eigenvalue weighted by Gasteiger charge is -2.30. The van der Waals surface area contributed by atoms with Gasteiger partial charge in [-0.3, -0.25) is 4.79 Å². The van der Waals surface area contributed by atoms with E-state index in [1.807, 2.05) is 20.8 Å². The molecule has 0 saturated carbocycles. The number of nitrogens with zero attached hydrogens (tertiary/aromatic N) is 2. The van der Waals surface area contributed by atoms with Gasteiger partial charge in [0.15, 0.2) is 0 Å². The number of H-pyrrole nitrogens is 1. The molecule has 1 aliphatic heterocycles. The summed E-state index contributed by atoms with van der Waals surface area (Å²) in [5.74, 6) is 0.441. The summed E-state index contributed by atoms with van der Waals surface area (Å²) in [5, 5.41) is 0. The fraction of sp³-hybridized carbons (Fsp3) is 0.733. The number of aryl methyl sites for hydroxylation is 1. The molecule has 1 aromatic rings. The number of amides is 1. The summed E-state index contributed by atoms with van der Waals surface area (Å²) < 4.78 is 26.3. The lowest BCUT2D eigenvalue weighted by Crippen LogP contribution is -2.51. The van der Waals surface area contributed by atoms with Gasteiger partial charge in [0.2, 0.25) is 15.9 Å². The zero-order valence-electron chi connectivity index (χ0n) is 14.2. The maximum absolute atomic E-state index is 12.9. The highest BCUT2D eigenvalue weighted by Crippen LogP contribution is 2.31. The molecule has 0 radical (unpaired) electrons. The van der Waals surface area contributed by atoms with Crippen LogP contribution in [0.25, 0.3) is 0 Å². The molecule has 2 N–H and O–H groups in total. The van der Waals surface area contributed by atoms with Crippen molar-refractivity contribution in [3.05, 3.63) is 17.7 Å². The molecule has 130 valence electrons. The Morgan fingerprint density at radius 1 is 1.52 bits per heavy atom. The van der Waals surface area contributed by atoms with E-state index in [4.69, 9.17) is 0 Å². The standard InChI is InChI=1S/C15H26N4O3S/c1-5-23(21,22)18-13(10(2)3)15(20)19-8-6-7-12(19)14-16-9-11(4)17-14/h9-10,12-13,18H,5-8H2,1-4H3,(H,16,17)/t12-,13+/m0/s1. The first-order chi connectivity index (χ1) is 10.7. The number of aromatic amines is 1. The minimum Gasteiger partial charge on any atom is -0.344 e. The topological polar surface area (TPSA) is 95.2 Å². The third-order valence-electron chi connectivity index (χ3n) is 4.19. The molecule has 1 amide bonds. The molecule has 23 heavy (non-hydrogen) atoms. The van der Waals surface area contributed by atoms with Gasteiger partial charge in [0.1, 0.15) is 11.9 Å². The van der Waals surface area contributed by atoms with Gasteiger partial charge < -0.3 is 9.88 Å². The molecule has 2 heterocycles. The van der Waals surface area contributed by atoms with Crippen LogP contribution in [-0.4, -0.2) is 47.5 Å². The van der Waals surface area contributed by atoms with Crippen molar-refractivity contribution in [3.8, 4) is 0 Å². The van der Waals surface area contributed by atoms with Crippen molar-refractivity contribution in [3.63, 3.8) is 0 Å². The van der Waals surface area contributed by atoms with Gasteiger partial charge >= 0.3 is 0 Å². The molecule has 2 rings (SSSR count). The van der Waals surface area contributed by atoms with Gasteiger partial charge in [-0.15, -0.1) is 0 Å². The summed E-state index contributed by atoms with van der Waals surface area (Å²) in [6, 6.07) is -0.847. The predicted octanol–water partition coefficient (Wildman–Crippen LogP) is 1.35. The highest BCUT2D eigenvalue weighted by Gasteiger charge is 2.37. The molecule has 2 atom stereocenters. The van der Waals surface area contributed by atoms with Gasteiger partial charge in [0.05, 0.1) is 11.8 Å². The lowest BCUT2D eigenvalue weighted by atomic mass is 10.0. The van der Waals surface area contributed by atoms with E-state index in [-0.39, 0.29) is 23.6 Å². The summed E-state index contributed by atoms with van der Waals surface area (Å²) in [7, 11) is -3.44. The van der Waals surface area contributed by atoms with Crippen molar-refractivity contribution >= 4 is 15.9 Å². The molecule has 0 bridgehead atoms. The number of likely N-dealkylation sites (tertiary alicyclic amines) is 1. The number of hydrogen-bond donors (Lipinski definition) is 2. The van der Waals surface area contributed by atoms with Gasteiger partial charge in [-0.2, -0.15) is 0 Å². The number of carbonyl (C=O) groups excluding carboxylic acids is 1. The number of imidazole rings is 1. The van der Waals surface area contributed by atoms with Crippen LogP contribution in [0, 0.1) is 12.8 Å². The fourth-order valence-electron chi connectivity index (χ4n) is 2.84. The molecule has 8 heteroatoms. The van der Waals surface area contributed by atoms with E-state index in [9.17, 15) is 13.2 Å². The Morgan fingerprint density at radius 2 is 2.22 bits per heavy atom. The van der Waals surface area contributed by atoms with Gasteiger partial charge in [-0.05, 0) is 32.6 Å². The van der Waals surface area contributed by atoms with E-state index in [2.05, 4.69) is 14.7 Å². The van der Waals surface area contributed by atoms with Crippen LogP contribution in [0.2, 0.25) is 0 Å². The van der Waals surface area contributed by atoms with Crippen molar-refractivity contribution in [2.75, 3.05) is 12.3 Å². The summed E-state index contributed by atoms with van der Waals surface area (Å²) in [6.45, 7) is 7.81. The molecular weight excluding hydrogens is 316 g/mol. The zero-order valence-corrected chi connectivity index (χ0v) is 15.0. The fourth-order valence-corrected chi connectivity index (χ4v) is 3.77. The van der Waals surface area contributed by atoms with Crippen LogP contribution in [0.5, 0.6) is 0 Å². The normalized spacial score (nSPS) is 20.2. The number of sulfonamides is 1. The van der Waals surface area contributed by atoms with Gasteiger partial charge in [0.25, 0.3) is 0 Å². The number of carbonyl (C=O) groups is 1. The summed E-state index contributed by atoms with van der Waals surface area (Å²) in [6.07, 6.45) is 3.47. The maximum atomic E-state index is 12.9. The third kappa shape index (κ3) is 4.11. The van der Waals surface area contributed by atoms with Crippen LogP contribution in [0.1, 0.15) is 51.2 Å². The largest absolute Gasteiger partial charge is 0.344 e. The molecule has 1 aromatic heterocycles. The molecule has 0 spiro atoms. The van der Waals surface area contributed by atoms with Crippen molar-refractivity contribution in [1.29, 1.82) is 0 Å². The summed E-state index contributed by atoms with van der Waals surface area (Å²) in [4.78, 5) is 22.2. The Hall–Kier alpha value is -1.41. The second kappa shape index (κ2) is 7.00. The van der Waals surface area contributed by atoms with E-state index in [1.165, 1.54) is 0 Å². The second-order valence-corrected chi connectivity index (χ2v) is 8.43. The first-order valence-electron chi connectivity index (χ1n) is 8.07. The average molecular weight is 342 g/mol. The second-order valence-electron chi connectivity index (χ2n) is 6.38. The zero-order chi connectivity index (χ0) is 17.2. The van der Waals surface area contributed by atoms with Crippen molar-refractivity contribution in [1.82, 2.24) is 19.6 Å². The van der Waals surface area contributed by atoms with E-state index in [1.54, 1.807) is 18.0 Å². The molecule has 0 unspecified atom stereocenters. The molecular formula is C15H26N4O3S. The third-order valence-corrected chi connectivity index (χ3v) is 5.57. The molecule has 0 aromatic carbocycles. The molecule has 1 fully saturated rings. The number of hydrogen-bond acceptors (Lipinski definition) is 4. The monoisotopic (exact) mass is 342 g/mol. The SMILES string of the molecule is CCS(=O)(=O)N[C@@H](C(=O)N1CCC[C@H]1c1ncc(C)[nH]1)C(C)C. The average Bonchev–Trinajstić information content (AvgIpc) is 3.12. The van der Waals surface area contributed by atoms with Crippen LogP contribution in [0.4, 0.5) is 0 Å². The quantitative estimate of drug-likeness (QED) is 0.816. The minimum absolute atomic E-state index is 0.0374. The van der Waals surface area contributed by atoms with E-state index in [0.29, 0.717) is 6.54 Å². The van der Waals surface area contributed by atoms with Crippen molar-refractivity contribution in [2.24, 2.45) is 5.92 Å². The highest BCUT2D eigenvalue weighted by molar-refractivity contribution is 7.89. The van der Waals surface area contributed by atoms with E-state index >= 15 is 0 Å². The maximum Gasteiger partial charge on any atom is 0.241 e. The Labute approximate surface area is 137 Å². The highest BCUT2D eigenvalue weighted by atomic mass is 32.2. The Morgan fingerprint density at radius 3 is 2.74 bits per heavy atom. The number of aromatic nitrogens is 2. The van der Waals surface area contributed by atoms with E-state index < -0.39 is 16.1 Å². The molecule has 1 saturated heterocycles. The first kappa shape index (κ1) is 17.9. The van der Waals surface area contributed by atoms with Crippen LogP contribution in [0.3, 0.4) is 0 Å². The smallest absolute Gasteiger partial charge is 0.241 e. The number of rotatable bonds is 6. The van der Waals surface area contributed by atoms with Crippen LogP contribution in [0.15, 0.2) is 6.20 Å². The Balaban J connectivity index is 2.21. The van der Waals surface area contributed by atoms with Crippen molar-refractivity contribution < 1.29 is 13.2 Å². The Kier molecular flexibility index (Phi) is 5.46. The molecule has 0 aliphatic carbocycles. The van der Waals surface area contributed by atoms with Crippen LogP contribution >= 0.6 is 0 Å². The predicted molar refractivity (Wildman–Crippen MR) is 88.2 cm³/mol. The molecule has 7 nitrogen and oxygen atoms in total. The summed E-state index contributed by atoms with van der Waals surface area (Å²) in [5.41, 5.74) is 0.950. The van der Waals surface area contributed by atoms with E-state index in [0.717, 1.165) is 24.4 Å². The lowest BCUT2D eigenvalue weighted by molar-refractivity contribution is -0.135. The van der Waals surface area contributed by atoms with Crippen LogP contribution in [-0.2, 0) is 14.8 Å². The molecule has 1 aliphatic rings. The van der Waals surface area contributed by atoms with Gasteiger partial charge in [0, 0.05) is 18.4 Å². The minimum atomic E-state index is -3.44. The first-order valence-corrected chi connectivity index (χ1v) is 9.72. The number of nitrogens with one attached hydrogen (secondary N) is 2.